The van der Waals surface area contributed by atoms with E-state index < -0.39 is 0 Å². The molecule has 234 valence electrons. The topological polar surface area (TPSA) is 58.6 Å². The standard InChI is InChI=1S/C34H44BrNO6S/c1-7-15-36(16-8-2)26-19-23(20-29(37-3)33(26)41-17-18-43-32-12-10-9-11-25(32)35)27-13-14-28(42-27)24-21-30(38-4)34(40-6)31(22-24)39-5/h9-12,19-22,27-28H,7-8,13-18H2,1-6H3. The van der Waals surface area contributed by atoms with Gasteiger partial charge >= 0.3 is 0 Å². The molecule has 0 N–H and O–H groups in total. The van der Waals surface area contributed by atoms with Gasteiger partial charge in [0, 0.05) is 28.2 Å². The summed E-state index contributed by atoms with van der Waals surface area (Å²) in [7, 11) is 6.59. The molecule has 3 aromatic carbocycles. The van der Waals surface area contributed by atoms with Crippen LogP contribution < -0.4 is 28.6 Å². The van der Waals surface area contributed by atoms with Crippen LogP contribution in [0.25, 0.3) is 0 Å². The first kappa shape index (κ1) is 33.1. The Kier molecular flexibility index (Phi) is 12.6. The number of anilines is 1. The molecule has 4 rings (SSSR count). The Morgan fingerprint density at radius 3 is 1.88 bits per heavy atom. The molecule has 1 fully saturated rings. The lowest BCUT2D eigenvalue weighted by molar-refractivity contribution is 0.0437. The zero-order valence-electron chi connectivity index (χ0n) is 26.1. The van der Waals surface area contributed by atoms with E-state index in [0.29, 0.717) is 23.9 Å². The Hall–Kier alpha value is -2.75. The third-order valence-electron chi connectivity index (χ3n) is 7.48. The fraction of sp³-hybridized carbons (Fsp3) is 0.471. The highest BCUT2D eigenvalue weighted by atomic mass is 79.9. The van der Waals surface area contributed by atoms with Crippen molar-refractivity contribution in [1.82, 2.24) is 0 Å². The van der Waals surface area contributed by atoms with Crippen LogP contribution in [-0.2, 0) is 4.74 Å². The molecule has 0 amide bonds. The molecule has 2 unspecified atom stereocenters. The van der Waals surface area contributed by atoms with E-state index in [0.717, 1.165) is 77.3 Å². The Balaban J connectivity index is 1.59. The fourth-order valence-corrected chi connectivity index (χ4v) is 6.89. The average Bonchev–Trinajstić information content (AvgIpc) is 3.53. The van der Waals surface area contributed by atoms with Crippen molar-refractivity contribution in [1.29, 1.82) is 0 Å². The lowest BCUT2D eigenvalue weighted by Crippen LogP contribution is -2.26. The molecule has 1 heterocycles. The summed E-state index contributed by atoms with van der Waals surface area (Å²) in [4.78, 5) is 3.61. The summed E-state index contributed by atoms with van der Waals surface area (Å²) in [6.45, 7) is 6.84. The SMILES string of the molecule is CCCN(CCC)c1cc(C2CCC(c3cc(OC)c(OC)c(OC)c3)O2)cc(OC)c1OCCSc1ccccc1Br. The lowest BCUT2D eigenvalue weighted by Gasteiger charge is -2.29. The first-order valence-electron chi connectivity index (χ1n) is 14.9. The van der Waals surface area contributed by atoms with Gasteiger partial charge in [-0.3, -0.25) is 0 Å². The van der Waals surface area contributed by atoms with Gasteiger partial charge in [-0.1, -0.05) is 26.0 Å². The zero-order chi connectivity index (χ0) is 30.8. The second-order valence-corrected chi connectivity index (χ2v) is 12.3. The quantitative estimate of drug-likeness (QED) is 0.110. The Labute approximate surface area is 269 Å². The first-order valence-corrected chi connectivity index (χ1v) is 16.7. The molecule has 0 aromatic heterocycles. The van der Waals surface area contributed by atoms with Gasteiger partial charge in [0.1, 0.15) is 0 Å². The highest BCUT2D eigenvalue weighted by molar-refractivity contribution is 9.10. The molecule has 0 bridgehead atoms. The summed E-state index contributed by atoms with van der Waals surface area (Å²) in [5.74, 6) is 4.17. The third-order valence-corrected chi connectivity index (χ3v) is 9.47. The van der Waals surface area contributed by atoms with Crippen molar-refractivity contribution in [3.05, 3.63) is 64.1 Å². The summed E-state index contributed by atoms with van der Waals surface area (Å²) in [6, 6.07) is 16.5. The molecule has 1 aliphatic heterocycles. The van der Waals surface area contributed by atoms with E-state index in [1.807, 2.05) is 18.2 Å². The molecule has 0 aliphatic carbocycles. The number of hydrogen-bond donors (Lipinski definition) is 0. The van der Waals surface area contributed by atoms with Crippen molar-refractivity contribution in [2.45, 2.75) is 56.6 Å². The second-order valence-electron chi connectivity index (χ2n) is 10.3. The van der Waals surface area contributed by atoms with E-state index in [9.17, 15) is 0 Å². The van der Waals surface area contributed by atoms with Gasteiger partial charge in [-0.15, -0.1) is 11.8 Å². The van der Waals surface area contributed by atoms with E-state index in [1.54, 1.807) is 40.2 Å². The fourth-order valence-electron chi connectivity index (χ4n) is 5.49. The summed E-state index contributed by atoms with van der Waals surface area (Å²) in [5, 5.41) is 0. The van der Waals surface area contributed by atoms with Crippen molar-refractivity contribution in [2.24, 2.45) is 0 Å². The zero-order valence-corrected chi connectivity index (χ0v) is 28.5. The second kappa shape index (κ2) is 16.4. The van der Waals surface area contributed by atoms with Crippen LogP contribution in [0.2, 0.25) is 0 Å². The number of nitrogens with zero attached hydrogens (tertiary/aromatic N) is 1. The molecule has 3 aromatic rings. The Bertz CT molecular complexity index is 1310. The van der Waals surface area contributed by atoms with Crippen LogP contribution in [0.4, 0.5) is 5.69 Å². The predicted octanol–water partition coefficient (Wildman–Crippen LogP) is 8.87. The predicted molar refractivity (Wildman–Crippen MR) is 178 cm³/mol. The molecule has 0 radical (unpaired) electrons. The van der Waals surface area contributed by atoms with E-state index >= 15 is 0 Å². The van der Waals surface area contributed by atoms with Gasteiger partial charge in [0.15, 0.2) is 23.0 Å². The summed E-state index contributed by atoms with van der Waals surface area (Å²) >= 11 is 5.41. The molecular formula is C34H44BrNO6S. The van der Waals surface area contributed by atoms with Crippen LogP contribution in [0.3, 0.4) is 0 Å². The van der Waals surface area contributed by atoms with Crippen LogP contribution >= 0.6 is 27.7 Å². The number of thioether (sulfide) groups is 1. The Morgan fingerprint density at radius 2 is 1.35 bits per heavy atom. The van der Waals surface area contributed by atoms with Crippen LogP contribution in [-0.4, -0.2) is 53.9 Å². The lowest BCUT2D eigenvalue weighted by atomic mass is 10.0. The third kappa shape index (κ3) is 8.05. The van der Waals surface area contributed by atoms with Crippen molar-refractivity contribution in [3.63, 3.8) is 0 Å². The van der Waals surface area contributed by atoms with E-state index in [-0.39, 0.29) is 12.2 Å². The van der Waals surface area contributed by atoms with E-state index in [1.165, 1.54) is 4.90 Å². The van der Waals surface area contributed by atoms with Crippen molar-refractivity contribution in [2.75, 3.05) is 58.8 Å². The summed E-state index contributed by atoms with van der Waals surface area (Å²) in [6.07, 6.45) is 3.65. The molecule has 1 aliphatic rings. The van der Waals surface area contributed by atoms with Crippen molar-refractivity contribution >= 4 is 33.4 Å². The monoisotopic (exact) mass is 673 g/mol. The summed E-state index contributed by atoms with van der Waals surface area (Å²) in [5.41, 5.74) is 3.16. The van der Waals surface area contributed by atoms with E-state index in [2.05, 4.69) is 65.0 Å². The average molecular weight is 675 g/mol. The summed E-state index contributed by atoms with van der Waals surface area (Å²) < 4.78 is 36.9. The van der Waals surface area contributed by atoms with Gasteiger partial charge in [0.05, 0.1) is 52.9 Å². The van der Waals surface area contributed by atoms with Gasteiger partial charge in [-0.2, -0.15) is 0 Å². The maximum atomic E-state index is 6.68. The molecule has 7 nitrogen and oxygen atoms in total. The first-order chi connectivity index (χ1) is 21.0. The van der Waals surface area contributed by atoms with Gasteiger partial charge in [0.25, 0.3) is 0 Å². The molecule has 1 saturated heterocycles. The molecule has 0 saturated carbocycles. The minimum atomic E-state index is -0.0965. The number of methoxy groups -OCH3 is 4. The number of halogens is 1. The number of benzene rings is 3. The molecule has 0 spiro atoms. The normalized spacial score (nSPS) is 16.2. The van der Waals surface area contributed by atoms with Gasteiger partial charge in [0.2, 0.25) is 5.75 Å². The van der Waals surface area contributed by atoms with E-state index in [4.69, 9.17) is 28.4 Å². The molecule has 2 atom stereocenters. The minimum Gasteiger partial charge on any atom is -0.493 e. The maximum Gasteiger partial charge on any atom is 0.203 e. The van der Waals surface area contributed by atoms with Gasteiger partial charge < -0.3 is 33.3 Å². The number of ether oxygens (including phenoxy) is 6. The van der Waals surface area contributed by atoms with Gasteiger partial charge in [-0.05, 0) is 89.1 Å². The van der Waals surface area contributed by atoms with Gasteiger partial charge in [-0.25, -0.2) is 0 Å². The number of rotatable bonds is 16. The van der Waals surface area contributed by atoms with Crippen LogP contribution in [0.15, 0.2) is 57.9 Å². The molecular weight excluding hydrogens is 630 g/mol. The number of hydrogen-bond acceptors (Lipinski definition) is 8. The highest BCUT2D eigenvalue weighted by Gasteiger charge is 2.31. The van der Waals surface area contributed by atoms with Crippen LogP contribution in [0.5, 0.6) is 28.7 Å². The van der Waals surface area contributed by atoms with Crippen molar-refractivity contribution in [3.8, 4) is 28.7 Å². The Morgan fingerprint density at radius 1 is 0.791 bits per heavy atom. The largest absolute Gasteiger partial charge is 0.493 e. The maximum absolute atomic E-state index is 6.68. The van der Waals surface area contributed by atoms with Crippen LogP contribution in [0, 0.1) is 0 Å². The van der Waals surface area contributed by atoms with Crippen LogP contribution in [0.1, 0.15) is 62.9 Å². The van der Waals surface area contributed by atoms with Crippen molar-refractivity contribution < 1.29 is 28.4 Å². The molecule has 43 heavy (non-hydrogen) atoms. The smallest absolute Gasteiger partial charge is 0.203 e. The highest BCUT2D eigenvalue weighted by Crippen LogP contribution is 2.48. The minimum absolute atomic E-state index is 0.0816. The molecule has 9 heteroatoms.